The molecule has 10 N–H and O–H groups in total. The highest BCUT2D eigenvalue weighted by molar-refractivity contribution is 5.97. The number of carbonyl (C=O) groups excluding carboxylic acids is 6. The number of nitrogens with two attached hydrogens (primary N) is 1. The standard InChI is InChI=1S/C35H51N7O12/c1-19(2)15-24(31(50)37-17-29(47)48)39-33(52)26-5-3-13-41(26)35(54)27-6-4-14-42(27)34(53)25(16-20-7-9-21(44)10-8-20)40-32(51)23(11-12-28(45)46)38-30(49)22(36)18-43/h7-10,19,22-27,43-44H,3-6,11-18,36H2,1-2H3,(H,37,50)(H,38,49)(H,39,52)(H,40,51)(H,45,46)(H,47,48)/t22-,23-,24-,25-,26-,27-/m0/s1. The molecule has 0 bridgehead atoms. The third kappa shape index (κ3) is 12.4. The van der Waals surface area contributed by atoms with Crippen LogP contribution in [-0.4, -0.2) is 140 Å². The number of phenolic OH excluding ortho intramolecular Hbond substituents is 1. The van der Waals surface area contributed by atoms with E-state index in [0.29, 0.717) is 18.4 Å². The van der Waals surface area contributed by atoms with Crippen molar-refractivity contribution < 1.29 is 58.8 Å². The zero-order valence-electron chi connectivity index (χ0n) is 30.4. The summed E-state index contributed by atoms with van der Waals surface area (Å²) in [6.45, 7) is 2.61. The molecule has 1 aromatic carbocycles. The molecule has 2 saturated heterocycles. The number of aliphatic carboxylic acids is 2. The first-order valence-electron chi connectivity index (χ1n) is 17.9. The van der Waals surface area contributed by atoms with Crippen LogP contribution in [-0.2, 0) is 44.8 Å². The summed E-state index contributed by atoms with van der Waals surface area (Å²) in [5.41, 5.74) is 6.09. The summed E-state index contributed by atoms with van der Waals surface area (Å²) in [5, 5.41) is 47.2. The molecular formula is C35H51N7O12. The van der Waals surface area contributed by atoms with Crippen LogP contribution < -0.4 is 27.0 Å². The fourth-order valence-corrected chi connectivity index (χ4v) is 6.48. The third-order valence-corrected chi connectivity index (χ3v) is 9.22. The Morgan fingerprint density at radius 1 is 0.796 bits per heavy atom. The molecule has 2 heterocycles. The van der Waals surface area contributed by atoms with Crippen LogP contribution in [0.5, 0.6) is 5.75 Å². The predicted octanol–water partition coefficient (Wildman–Crippen LogP) is -2.20. The fraction of sp³-hybridized carbons (Fsp3) is 0.600. The normalized spacial score (nSPS) is 19.0. The molecule has 0 aliphatic carbocycles. The molecular weight excluding hydrogens is 710 g/mol. The molecule has 19 heteroatoms. The monoisotopic (exact) mass is 761 g/mol. The molecule has 1 aromatic rings. The first-order valence-corrected chi connectivity index (χ1v) is 17.9. The van der Waals surface area contributed by atoms with Crippen LogP contribution >= 0.6 is 0 Å². The lowest BCUT2D eigenvalue weighted by Gasteiger charge is -2.33. The van der Waals surface area contributed by atoms with Crippen LogP contribution in [0.2, 0.25) is 0 Å². The van der Waals surface area contributed by atoms with E-state index in [1.165, 1.54) is 34.1 Å². The number of carbonyl (C=O) groups is 8. The Labute approximate surface area is 312 Å². The Morgan fingerprint density at radius 2 is 1.41 bits per heavy atom. The average Bonchev–Trinajstić information content (AvgIpc) is 3.82. The van der Waals surface area contributed by atoms with Gasteiger partial charge in [0.25, 0.3) is 0 Å². The summed E-state index contributed by atoms with van der Waals surface area (Å²) in [5.74, 6) is -6.86. The number of aliphatic hydroxyl groups excluding tert-OH is 1. The second-order valence-electron chi connectivity index (χ2n) is 13.9. The molecule has 0 unspecified atom stereocenters. The van der Waals surface area contributed by atoms with E-state index in [0.717, 1.165) is 0 Å². The largest absolute Gasteiger partial charge is 0.508 e. The number of phenols is 1. The van der Waals surface area contributed by atoms with Crippen molar-refractivity contribution in [3.05, 3.63) is 29.8 Å². The van der Waals surface area contributed by atoms with E-state index < -0.39 is 103 Å². The number of carboxylic acids is 2. The number of amides is 6. The van der Waals surface area contributed by atoms with Crippen molar-refractivity contribution in [2.24, 2.45) is 11.7 Å². The minimum absolute atomic E-state index is 0.0397. The lowest BCUT2D eigenvalue weighted by molar-refractivity contribution is -0.148. The summed E-state index contributed by atoms with van der Waals surface area (Å²) in [7, 11) is 0. The van der Waals surface area contributed by atoms with Crippen molar-refractivity contribution in [1.82, 2.24) is 31.1 Å². The van der Waals surface area contributed by atoms with Gasteiger partial charge in [0.2, 0.25) is 35.4 Å². The summed E-state index contributed by atoms with van der Waals surface area (Å²) < 4.78 is 0. The number of aliphatic hydroxyl groups is 1. The number of rotatable bonds is 19. The molecule has 6 atom stereocenters. The SMILES string of the molecule is CC(C)C[C@H](NC(=O)[C@@H]1CCCN1C(=O)[C@@H]1CCCN1C(=O)[C@H](Cc1ccc(O)cc1)NC(=O)[C@H](CCC(=O)O)NC(=O)[C@@H](N)CO)C(=O)NCC(=O)O. The third-order valence-electron chi connectivity index (χ3n) is 9.22. The van der Waals surface area contributed by atoms with E-state index in [1.807, 2.05) is 13.8 Å². The van der Waals surface area contributed by atoms with Crippen LogP contribution in [0.4, 0.5) is 0 Å². The molecule has 2 fully saturated rings. The van der Waals surface area contributed by atoms with E-state index in [4.69, 9.17) is 10.8 Å². The molecule has 2 aliphatic rings. The molecule has 54 heavy (non-hydrogen) atoms. The summed E-state index contributed by atoms with van der Waals surface area (Å²) in [6, 6.07) is -1.39. The van der Waals surface area contributed by atoms with E-state index >= 15 is 0 Å². The minimum atomic E-state index is -1.45. The molecule has 3 rings (SSSR count). The van der Waals surface area contributed by atoms with Gasteiger partial charge in [0.1, 0.15) is 48.5 Å². The Hall–Kier alpha value is -5.30. The average molecular weight is 762 g/mol. The smallest absolute Gasteiger partial charge is 0.322 e. The van der Waals surface area contributed by atoms with Crippen LogP contribution in [0, 0.1) is 5.92 Å². The van der Waals surface area contributed by atoms with Gasteiger partial charge in [0.15, 0.2) is 0 Å². The number of nitrogens with one attached hydrogen (secondary N) is 4. The van der Waals surface area contributed by atoms with Gasteiger partial charge in [-0.3, -0.25) is 38.4 Å². The van der Waals surface area contributed by atoms with Crippen molar-refractivity contribution in [3.63, 3.8) is 0 Å². The van der Waals surface area contributed by atoms with Crippen LogP contribution in [0.25, 0.3) is 0 Å². The molecule has 0 spiro atoms. The van der Waals surface area contributed by atoms with Crippen molar-refractivity contribution >= 4 is 47.4 Å². The van der Waals surface area contributed by atoms with Gasteiger partial charge in [-0.1, -0.05) is 26.0 Å². The van der Waals surface area contributed by atoms with Gasteiger partial charge in [0.05, 0.1) is 6.61 Å². The molecule has 0 aromatic heterocycles. The maximum absolute atomic E-state index is 14.3. The molecule has 6 amide bonds. The number of hydrogen-bond acceptors (Lipinski definition) is 11. The van der Waals surface area contributed by atoms with Gasteiger partial charge < -0.3 is 57.2 Å². The lowest BCUT2D eigenvalue weighted by atomic mass is 10.0. The Kier molecular flexibility index (Phi) is 16.2. The Bertz CT molecular complexity index is 1540. The highest BCUT2D eigenvalue weighted by Crippen LogP contribution is 2.26. The van der Waals surface area contributed by atoms with Gasteiger partial charge in [-0.15, -0.1) is 0 Å². The number of likely N-dealkylation sites (tertiary alicyclic amines) is 2. The lowest BCUT2D eigenvalue weighted by Crippen LogP contribution is -2.59. The van der Waals surface area contributed by atoms with Gasteiger partial charge in [-0.05, 0) is 62.1 Å². The molecule has 0 saturated carbocycles. The van der Waals surface area contributed by atoms with Gasteiger partial charge in [0, 0.05) is 25.9 Å². The van der Waals surface area contributed by atoms with Crippen LogP contribution in [0.3, 0.4) is 0 Å². The fourth-order valence-electron chi connectivity index (χ4n) is 6.48. The quantitative estimate of drug-likeness (QED) is 0.0725. The number of aromatic hydroxyl groups is 1. The molecule has 0 radical (unpaired) electrons. The van der Waals surface area contributed by atoms with Crippen molar-refractivity contribution in [1.29, 1.82) is 0 Å². The van der Waals surface area contributed by atoms with E-state index in [-0.39, 0.29) is 56.9 Å². The van der Waals surface area contributed by atoms with Crippen LogP contribution in [0.15, 0.2) is 24.3 Å². The second-order valence-corrected chi connectivity index (χ2v) is 13.9. The molecule has 2 aliphatic heterocycles. The summed E-state index contributed by atoms with van der Waals surface area (Å²) >= 11 is 0. The van der Waals surface area contributed by atoms with Crippen molar-refractivity contribution in [3.8, 4) is 5.75 Å². The summed E-state index contributed by atoms with van der Waals surface area (Å²) in [6.07, 6.45) is 0.623. The first-order chi connectivity index (χ1) is 25.5. The van der Waals surface area contributed by atoms with Crippen molar-refractivity contribution in [2.75, 3.05) is 26.2 Å². The van der Waals surface area contributed by atoms with Crippen molar-refractivity contribution in [2.45, 2.75) is 101 Å². The Morgan fingerprint density at radius 3 is 2.00 bits per heavy atom. The summed E-state index contributed by atoms with van der Waals surface area (Å²) in [4.78, 5) is 106. The van der Waals surface area contributed by atoms with Gasteiger partial charge >= 0.3 is 11.9 Å². The molecule has 19 nitrogen and oxygen atoms in total. The predicted molar refractivity (Wildman–Crippen MR) is 189 cm³/mol. The molecule has 298 valence electrons. The second kappa shape index (κ2) is 20.2. The maximum atomic E-state index is 14.3. The van der Waals surface area contributed by atoms with Gasteiger partial charge in [-0.2, -0.15) is 0 Å². The first kappa shape index (κ1) is 43.1. The number of nitrogens with zero attached hydrogens (tertiary/aromatic N) is 2. The number of carboxylic acid groups (broad SMARTS) is 2. The zero-order valence-corrected chi connectivity index (χ0v) is 30.4. The van der Waals surface area contributed by atoms with E-state index in [2.05, 4.69) is 21.3 Å². The van der Waals surface area contributed by atoms with E-state index in [1.54, 1.807) is 0 Å². The topological polar surface area (TPSA) is 298 Å². The maximum Gasteiger partial charge on any atom is 0.322 e. The number of benzene rings is 1. The number of hydrogen-bond donors (Lipinski definition) is 9. The van der Waals surface area contributed by atoms with Crippen LogP contribution in [0.1, 0.15) is 64.4 Å². The zero-order chi connectivity index (χ0) is 40.1. The highest BCUT2D eigenvalue weighted by Gasteiger charge is 2.44. The Balaban J connectivity index is 1.84. The minimum Gasteiger partial charge on any atom is -0.508 e. The highest BCUT2D eigenvalue weighted by atomic mass is 16.4. The van der Waals surface area contributed by atoms with E-state index in [9.17, 15) is 53.7 Å². The van der Waals surface area contributed by atoms with Gasteiger partial charge in [-0.25, -0.2) is 0 Å².